The number of hydrogen-bond donors (Lipinski definition) is 0. The first-order valence-electron chi connectivity index (χ1n) is 10.3. The molecule has 0 bridgehead atoms. The SMILES string of the molecule is CCC1CCCCN1C(=O)C(C)OC(=O)c1ccc(CN2C(=O)CCC2=O)cc1. The average molecular weight is 400 g/mol. The van der Waals surface area contributed by atoms with Crippen LogP contribution in [0.3, 0.4) is 0 Å². The van der Waals surface area contributed by atoms with Gasteiger partial charge in [0.2, 0.25) is 11.8 Å². The lowest BCUT2D eigenvalue weighted by atomic mass is 9.99. The number of piperidine rings is 1. The number of benzene rings is 1. The van der Waals surface area contributed by atoms with E-state index >= 15 is 0 Å². The van der Waals surface area contributed by atoms with Crippen molar-refractivity contribution in [2.75, 3.05) is 6.54 Å². The van der Waals surface area contributed by atoms with E-state index in [4.69, 9.17) is 4.74 Å². The minimum atomic E-state index is -0.839. The van der Waals surface area contributed by atoms with Crippen molar-refractivity contribution >= 4 is 23.7 Å². The smallest absolute Gasteiger partial charge is 0.338 e. The van der Waals surface area contributed by atoms with Gasteiger partial charge in [0.1, 0.15) is 0 Å². The topological polar surface area (TPSA) is 84.0 Å². The highest BCUT2D eigenvalue weighted by Gasteiger charge is 2.31. The lowest BCUT2D eigenvalue weighted by Gasteiger charge is -2.36. The van der Waals surface area contributed by atoms with Gasteiger partial charge in [-0.1, -0.05) is 19.1 Å². The van der Waals surface area contributed by atoms with Crippen LogP contribution in [-0.4, -0.2) is 52.2 Å². The number of likely N-dealkylation sites (tertiary alicyclic amines) is 2. The first-order chi connectivity index (χ1) is 13.9. The number of esters is 1. The van der Waals surface area contributed by atoms with Crippen molar-refractivity contribution in [3.63, 3.8) is 0 Å². The summed E-state index contributed by atoms with van der Waals surface area (Å²) in [5, 5.41) is 0. The van der Waals surface area contributed by atoms with Gasteiger partial charge in [0.25, 0.3) is 5.91 Å². The van der Waals surface area contributed by atoms with Crippen LogP contribution in [0.4, 0.5) is 0 Å². The lowest BCUT2D eigenvalue weighted by molar-refractivity contribution is -0.143. The highest BCUT2D eigenvalue weighted by Crippen LogP contribution is 2.21. The Bertz CT molecular complexity index is 773. The first kappa shape index (κ1) is 21.0. The summed E-state index contributed by atoms with van der Waals surface area (Å²) in [4.78, 5) is 51.7. The number of amides is 3. The molecule has 0 aliphatic carbocycles. The highest BCUT2D eigenvalue weighted by molar-refractivity contribution is 6.01. The number of carbonyl (C=O) groups is 4. The van der Waals surface area contributed by atoms with Crippen LogP contribution in [0.5, 0.6) is 0 Å². The van der Waals surface area contributed by atoms with E-state index in [1.54, 1.807) is 31.2 Å². The zero-order valence-electron chi connectivity index (χ0n) is 17.1. The molecule has 2 aliphatic rings. The molecule has 7 nitrogen and oxygen atoms in total. The highest BCUT2D eigenvalue weighted by atomic mass is 16.5. The summed E-state index contributed by atoms with van der Waals surface area (Å²) in [5.41, 5.74) is 1.09. The molecule has 156 valence electrons. The molecule has 1 aromatic rings. The van der Waals surface area contributed by atoms with Gasteiger partial charge in [-0.3, -0.25) is 19.3 Å². The van der Waals surface area contributed by atoms with Crippen LogP contribution >= 0.6 is 0 Å². The minimum Gasteiger partial charge on any atom is -0.449 e. The summed E-state index contributed by atoms with van der Waals surface area (Å²) in [6.07, 6.45) is 3.66. The van der Waals surface area contributed by atoms with Gasteiger partial charge in [0.05, 0.1) is 12.1 Å². The molecule has 3 rings (SSSR count). The molecule has 1 aromatic carbocycles. The van der Waals surface area contributed by atoms with Gasteiger partial charge < -0.3 is 9.64 Å². The molecule has 2 atom stereocenters. The van der Waals surface area contributed by atoms with Crippen LogP contribution in [0, 0.1) is 0 Å². The molecule has 0 saturated carbocycles. The van der Waals surface area contributed by atoms with Gasteiger partial charge >= 0.3 is 5.97 Å². The Labute approximate surface area is 171 Å². The maximum absolute atomic E-state index is 12.7. The monoisotopic (exact) mass is 400 g/mol. The second-order valence-electron chi connectivity index (χ2n) is 7.71. The summed E-state index contributed by atoms with van der Waals surface area (Å²) in [7, 11) is 0. The van der Waals surface area contributed by atoms with Crippen molar-refractivity contribution in [2.45, 2.75) is 71.1 Å². The molecule has 2 heterocycles. The zero-order chi connectivity index (χ0) is 21.0. The molecular formula is C22H28N2O5. The number of ether oxygens (including phenoxy) is 1. The third kappa shape index (κ3) is 4.83. The Kier molecular flexibility index (Phi) is 6.67. The molecule has 0 radical (unpaired) electrons. The third-order valence-corrected chi connectivity index (χ3v) is 5.70. The van der Waals surface area contributed by atoms with Crippen LogP contribution in [-0.2, 0) is 25.7 Å². The lowest BCUT2D eigenvalue weighted by Crippen LogP contribution is -2.48. The normalized spacial score (nSPS) is 20.7. The molecule has 29 heavy (non-hydrogen) atoms. The van der Waals surface area contributed by atoms with Crippen molar-refractivity contribution in [1.82, 2.24) is 9.80 Å². The summed E-state index contributed by atoms with van der Waals surface area (Å²) in [5.74, 6) is -1.05. The van der Waals surface area contributed by atoms with Crippen molar-refractivity contribution < 1.29 is 23.9 Å². The fourth-order valence-electron chi connectivity index (χ4n) is 3.96. The molecule has 2 aliphatic heterocycles. The number of nitrogens with zero attached hydrogens (tertiary/aromatic N) is 2. The van der Waals surface area contributed by atoms with Crippen LogP contribution < -0.4 is 0 Å². The van der Waals surface area contributed by atoms with Crippen molar-refractivity contribution in [1.29, 1.82) is 0 Å². The van der Waals surface area contributed by atoms with Crippen molar-refractivity contribution in [3.8, 4) is 0 Å². The van der Waals surface area contributed by atoms with Gasteiger partial charge in [-0.05, 0) is 50.3 Å². The van der Waals surface area contributed by atoms with E-state index in [0.717, 1.165) is 31.2 Å². The Morgan fingerprint density at radius 3 is 2.38 bits per heavy atom. The predicted octanol–water partition coefficient (Wildman–Crippen LogP) is 2.67. The molecule has 0 aromatic heterocycles. The van der Waals surface area contributed by atoms with Gasteiger partial charge in [0.15, 0.2) is 6.10 Å². The number of imide groups is 1. The van der Waals surface area contributed by atoms with E-state index in [9.17, 15) is 19.2 Å². The summed E-state index contributed by atoms with van der Waals surface area (Å²) in [6, 6.07) is 6.79. The molecule has 0 N–H and O–H groups in total. The Balaban J connectivity index is 1.58. The van der Waals surface area contributed by atoms with Crippen LogP contribution in [0.1, 0.15) is 68.3 Å². The summed E-state index contributed by atoms with van der Waals surface area (Å²) < 4.78 is 5.40. The maximum Gasteiger partial charge on any atom is 0.338 e. The first-order valence-corrected chi connectivity index (χ1v) is 10.3. The Hall–Kier alpha value is -2.70. The molecule has 2 unspecified atom stereocenters. The molecule has 2 fully saturated rings. The van der Waals surface area contributed by atoms with Gasteiger partial charge in [-0.2, -0.15) is 0 Å². The van der Waals surface area contributed by atoms with E-state index in [0.29, 0.717) is 12.1 Å². The van der Waals surface area contributed by atoms with Gasteiger partial charge in [-0.15, -0.1) is 0 Å². The van der Waals surface area contributed by atoms with Crippen LogP contribution in [0.25, 0.3) is 0 Å². The molecule has 0 spiro atoms. The van der Waals surface area contributed by atoms with Crippen molar-refractivity contribution in [2.24, 2.45) is 0 Å². The van der Waals surface area contributed by atoms with Crippen LogP contribution in [0.2, 0.25) is 0 Å². The predicted molar refractivity (Wildman–Crippen MR) is 106 cm³/mol. The summed E-state index contributed by atoms with van der Waals surface area (Å²) in [6.45, 7) is 4.59. The zero-order valence-corrected chi connectivity index (χ0v) is 17.1. The molecule has 7 heteroatoms. The largest absolute Gasteiger partial charge is 0.449 e. The maximum atomic E-state index is 12.7. The van der Waals surface area contributed by atoms with Crippen LogP contribution in [0.15, 0.2) is 24.3 Å². The van der Waals surface area contributed by atoms with E-state index in [1.807, 2.05) is 4.90 Å². The fraction of sp³-hybridized carbons (Fsp3) is 0.545. The van der Waals surface area contributed by atoms with E-state index in [2.05, 4.69) is 6.92 Å². The number of rotatable bonds is 6. The molecule has 3 amide bonds. The minimum absolute atomic E-state index is 0.146. The second kappa shape index (κ2) is 9.20. The third-order valence-electron chi connectivity index (χ3n) is 5.70. The Morgan fingerprint density at radius 1 is 1.10 bits per heavy atom. The molecular weight excluding hydrogens is 372 g/mol. The standard InChI is InChI=1S/C22H28N2O5/c1-3-18-6-4-5-13-23(18)21(27)15(2)29-22(28)17-9-7-16(8-10-17)14-24-19(25)11-12-20(24)26/h7-10,15,18H,3-6,11-14H2,1-2H3. The van der Waals surface area contributed by atoms with Gasteiger partial charge in [-0.25, -0.2) is 4.79 Å². The van der Waals surface area contributed by atoms with Gasteiger partial charge in [0, 0.05) is 25.4 Å². The summed E-state index contributed by atoms with van der Waals surface area (Å²) >= 11 is 0. The molecule has 2 saturated heterocycles. The fourth-order valence-corrected chi connectivity index (χ4v) is 3.96. The second-order valence-corrected chi connectivity index (χ2v) is 7.71. The number of carbonyl (C=O) groups excluding carboxylic acids is 4. The van der Waals surface area contributed by atoms with E-state index < -0.39 is 12.1 Å². The quantitative estimate of drug-likeness (QED) is 0.541. The van der Waals surface area contributed by atoms with Crippen molar-refractivity contribution in [3.05, 3.63) is 35.4 Å². The number of hydrogen-bond acceptors (Lipinski definition) is 5. The van der Waals surface area contributed by atoms with E-state index in [1.165, 1.54) is 4.90 Å². The average Bonchev–Trinajstić information content (AvgIpc) is 3.05. The van der Waals surface area contributed by atoms with E-state index in [-0.39, 0.29) is 43.1 Å². The Morgan fingerprint density at radius 2 is 1.76 bits per heavy atom.